The molecule has 0 saturated heterocycles. The summed E-state index contributed by atoms with van der Waals surface area (Å²) in [5.41, 5.74) is -1.16. The van der Waals surface area contributed by atoms with E-state index in [1.54, 1.807) is 0 Å². The summed E-state index contributed by atoms with van der Waals surface area (Å²) in [5, 5.41) is 2.82. The molecule has 1 heterocycles. The van der Waals surface area contributed by atoms with Crippen LogP contribution >= 0.6 is 0 Å². The molecule has 0 aromatic carbocycles. The molecule has 0 bridgehead atoms. The fourth-order valence-corrected chi connectivity index (χ4v) is 3.22. The topological polar surface area (TPSA) is 96.1 Å². The molecule has 1 aromatic heterocycles. The smallest absolute Gasteiger partial charge is 0.260 e. The lowest BCUT2D eigenvalue weighted by atomic mass is 10.1. The highest BCUT2D eigenvalue weighted by atomic mass is 32.2. The third-order valence-electron chi connectivity index (χ3n) is 4.41. The number of sulfone groups is 1. The van der Waals surface area contributed by atoms with Crippen LogP contribution < -0.4 is 10.9 Å². The quantitative estimate of drug-likeness (QED) is 0.869. The Balaban J connectivity index is 2.34. The lowest BCUT2D eigenvalue weighted by Gasteiger charge is -2.17. The van der Waals surface area contributed by atoms with Gasteiger partial charge in [0.1, 0.15) is 5.56 Å². The fraction of sp³-hybridized carbons (Fsp3) is 0.571. The highest BCUT2D eigenvalue weighted by Crippen LogP contribution is 2.55. The van der Waals surface area contributed by atoms with E-state index >= 15 is 0 Å². The molecule has 21 heavy (non-hydrogen) atoms. The molecule has 1 unspecified atom stereocenters. The van der Waals surface area contributed by atoms with Gasteiger partial charge in [-0.05, 0) is 24.8 Å². The lowest BCUT2D eigenvalue weighted by Crippen LogP contribution is -2.40. The number of H-pyrrole nitrogens is 1. The third kappa shape index (κ3) is 2.74. The van der Waals surface area contributed by atoms with Crippen LogP contribution in [0.1, 0.15) is 44.5 Å². The second kappa shape index (κ2) is 4.69. The van der Waals surface area contributed by atoms with Crippen LogP contribution in [0, 0.1) is 5.41 Å². The van der Waals surface area contributed by atoms with E-state index in [0.717, 1.165) is 18.7 Å². The summed E-state index contributed by atoms with van der Waals surface area (Å²) in [6.45, 7) is 7.46. The second-order valence-electron chi connectivity index (χ2n) is 6.33. The van der Waals surface area contributed by atoms with Gasteiger partial charge in [-0.15, -0.1) is 0 Å². The van der Waals surface area contributed by atoms with Gasteiger partial charge in [-0.1, -0.05) is 20.8 Å². The van der Waals surface area contributed by atoms with E-state index in [1.165, 1.54) is 6.92 Å². The van der Waals surface area contributed by atoms with Crippen LogP contribution in [0.25, 0.3) is 0 Å². The normalized spacial score (nSPS) is 23.6. The molecule has 0 aliphatic heterocycles. The van der Waals surface area contributed by atoms with Crippen molar-refractivity contribution in [3.8, 4) is 0 Å². The van der Waals surface area contributed by atoms with Crippen molar-refractivity contribution < 1.29 is 13.2 Å². The van der Waals surface area contributed by atoms with Crippen molar-refractivity contribution in [3.63, 3.8) is 0 Å². The van der Waals surface area contributed by atoms with Gasteiger partial charge in [0.25, 0.3) is 11.5 Å². The molecule has 1 aliphatic rings. The van der Waals surface area contributed by atoms with Gasteiger partial charge < -0.3 is 10.3 Å². The number of rotatable bonds is 4. The van der Waals surface area contributed by atoms with Gasteiger partial charge in [0.2, 0.25) is 0 Å². The van der Waals surface area contributed by atoms with Crippen molar-refractivity contribution >= 4 is 15.7 Å². The Morgan fingerprint density at radius 3 is 2.43 bits per heavy atom. The minimum Gasteiger partial charge on any atom is -0.346 e. The monoisotopic (exact) mass is 312 g/mol. The first-order valence-corrected chi connectivity index (χ1v) is 8.46. The number of carbonyl (C=O) groups is 1. The van der Waals surface area contributed by atoms with Crippen molar-refractivity contribution in [1.29, 1.82) is 0 Å². The van der Waals surface area contributed by atoms with Crippen LogP contribution in [-0.2, 0) is 9.84 Å². The minimum absolute atomic E-state index is 0.0253. The van der Waals surface area contributed by atoms with E-state index in [-0.39, 0.29) is 27.2 Å². The van der Waals surface area contributed by atoms with Crippen LogP contribution in [0.3, 0.4) is 0 Å². The lowest BCUT2D eigenvalue weighted by molar-refractivity contribution is 0.0924. The number of pyridine rings is 1. The Labute approximate surface area is 123 Å². The summed E-state index contributed by atoms with van der Waals surface area (Å²) in [5.74, 6) is -0.636. The molecule has 2 rings (SSSR count). The number of carbonyl (C=O) groups excluding carboxylic acids is 1. The summed E-state index contributed by atoms with van der Waals surface area (Å²) < 4.78 is 23.7. The van der Waals surface area contributed by atoms with Gasteiger partial charge in [0.15, 0.2) is 9.84 Å². The molecule has 2 N–H and O–H groups in total. The maximum atomic E-state index is 12.3. The first-order valence-electron chi connectivity index (χ1n) is 6.80. The largest absolute Gasteiger partial charge is 0.346 e. The number of nitrogens with one attached hydrogen (secondary N) is 2. The van der Waals surface area contributed by atoms with E-state index in [2.05, 4.69) is 10.3 Å². The molecular formula is C14H20N2O4S. The molecule has 0 spiro atoms. The number of hydrogen-bond donors (Lipinski definition) is 2. The molecule has 0 radical (unpaired) electrons. The van der Waals surface area contributed by atoms with Gasteiger partial charge in [-0.25, -0.2) is 8.42 Å². The summed E-state index contributed by atoms with van der Waals surface area (Å²) in [6, 6.07) is 1.14. The van der Waals surface area contributed by atoms with Gasteiger partial charge in [0, 0.05) is 11.7 Å². The van der Waals surface area contributed by atoms with Crippen LogP contribution in [0.2, 0.25) is 0 Å². The predicted molar refractivity (Wildman–Crippen MR) is 79.1 cm³/mol. The molecule has 1 fully saturated rings. The van der Waals surface area contributed by atoms with Gasteiger partial charge in [-0.2, -0.15) is 0 Å². The molecule has 116 valence electrons. The van der Waals surface area contributed by atoms with Crippen LogP contribution in [0.15, 0.2) is 22.0 Å². The molecular weight excluding hydrogens is 292 g/mol. The molecule has 1 atom stereocenters. The summed E-state index contributed by atoms with van der Waals surface area (Å²) in [4.78, 5) is 26.3. The average molecular weight is 312 g/mol. The number of amides is 1. The molecule has 1 aliphatic carbocycles. The van der Waals surface area contributed by atoms with Gasteiger partial charge in [0.05, 0.1) is 10.6 Å². The van der Waals surface area contributed by atoms with Gasteiger partial charge in [-0.3, -0.25) is 9.59 Å². The number of aromatic nitrogens is 1. The van der Waals surface area contributed by atoms with Crippen molar-refractivity contribution in [1.82, 2.24) is 10.3 Å². The zero-order valence-corrected chi connectivity index (χ0v) is 13.4. The molecule has 1 aromatic rings. The second-order valence-corrected chi connectivity index (χ2v) is 8.61. The zero-order chi connectivity index (χ0) is 16.1. The van der Waals surface area contributed by atoms with Crippen molar-refractivity contribution in [2.75, 3.05) is 5.75 Å². The van der Waals surface area contributed by atoms with Crippen molar-refractivity contribution in [2.45, 2.75) is 44.6 Å². The summed E-state index contributed by atoms with van der Waals surface area (Å²) >= 11 is 0. The molecule has 1 saturated carbocycles. The van der Waals surface area contributed by atoms with Crippen molar-refractivity contribution in [2.24, 2.45) is 5.41 Å². The standard InChI is InChI=1S/C14H20N2O4S/c1-5-21(19,20)9-6-10(11(17)15-7-9)12(18)16-14(4)8-13(14,2)3/h6-7H,5,8H2,1-4H3,(H,15,17)(H,16,18). The highest BCUT2D eigenvalue weighted by molar-refractivity contribution is 7.91. The molecule has 6 nitrogen and oxygen atoms in total. The minimum atomic E-state index is -3.47. The van der Waals surface area contributed by atoms with Crippen LogP contribution in [-0.4, -0.2) is 30.6 Å². The maximum absolute atomic E-state index is 12.3. The zero-order valence-electron chi connectivity index (χ0n) is 12.6. The highest BCUT2D eigenvalue weighted by Gasteiger charge is 2.58. The average Bonchev–Trinajstić information content (AvgIpc) is 2.87. The van der Waals surface area contributed by atoms with Crippen molar-refractivity contribution in [3.05, 3.63) is 28.2 Å². The van der Waals surface area contributed by atoms with Gasteiger partial charge >= 0.3 is 0 Å². The fourth-order valence-electron chi connectivity index (χ4n) is 2.35. The van der Waals surface area contributed by atoms with Crippen LogP contribution in [0.5, 0.6) is 0 Å². The summed E-state index contributed by atoms with van der Waals surface area (Å²) in [7, 11) is -3.47. The molecule has 7 heteroatoms. The van der Waals surface area contributed by atoms with E-state index in [4.69, 9.17) is 0 Å². The first kappa shape index (κ1) is 15.8. The molecule has 1 amide bonds. The van der Waals surface area contributed by atoms with Crippen LogP contribution in [0.4, 0.5) is 0 Å². The first-order chi connectivity index (χ1) is 9.52. The Morgan fingerprint density at radius 2 is 1.95 bits per heavy atom. The Morgan fingerprint density at radius 1 is 1.38 bits per heavy atom. The predicted octanol–water partition coefficient (Wildman–Crippen LogP) is 1.09. The number of hydrogen-bond acceptors (Lipinski definition) is 4. The Kier molecular flexibility index (Phi) is 3.52. The van der Waals surface area contributed by atoms with E-state index < -0.39 is 21.3 Å². The Bertz CT molecular complexity index is 748. The maximum Gasteiger partial charge on any atom is 0.260 e. The summed E-state index contributed by atoms with van der Waals surface area (Å²) in [6.07, 6.45) is 1.94. The van der Waals surface area contributed by atoms with E-state index in [9.17, 15) is 18.0 Å². The van der Waals surface area contributed by atoms with E-state index in [1.807, 2.05) is 20.8 Å². The Hall–Kier alpha value is -1.63. The third-order valence-corrected chi connectivity index (χ3v) is 6.13. The SMILES string of the molecule is CCS(=O)(=O)c1c[nH]c(=O)c(C(=O)NC2(C)CC2(C)C)c1. The van der Waals surface area contributed by atoms with E-state index in [0.29, 0.717) is 0 Å². The number of aromatic amines is 1.